The minimum Gasteiger partial charge on any atom is -0.497 e. The van der Waals surface area contributed by atoms with E-state index < -0.39 is 5.97 Å². The van der Waals surface area contributed by atoms with Crippen LogP contribution in [0, 0.1) is 0 Å². The number of carbonyl (C=O) groups excluding carboxylic acids is 2. The molecule has 7 heteroatoms. The molecule has 0 aliphatic heterocycles. The van der Waals surface area contributed by atoms with Gasteiger partial charge in [-0.3, -0.25) is 4.79 Å². The standard InChI is InChI=1S/C24H27NO6/c1-4-13-30-21-12-7-18(14-22(21)29-3)24(27)31-16-23(26)25(19-8-9-19)15-17-5-10-20(28-2)11-6-17/h4-7,10-12,14,19H,1,8-9,13,15-16H2,2-3H3. The summed E-state index contributed by atoms with van der Waals surface area (Å²) in [4.78, 5) is 27.0. The molecular weight excluding hydrogens is 398 g/mol. The number of amides is 1. The third-order valence-electron chi connectivity index (χ3n) is 4.90. The first-order valence-electron chi connectivity index (χ1n) is 10.1. The van der Waals surface area contributed by atoms with E-state index in [9.17, 15) is 9.59 Å². The summed E-state index contributed by atoms with van der Waals surface area (Å²) in [6.07, 6.45) is 3.53. The summed E-state index contributed by atoms with van der Waals surface area (Å²) >= 11 is 0. The van der Waals surface area contributed by atoms with Gasteiger partial charge in [-0.2, -0.15) is 0 Å². The molecule has 0 saturated heterocycles. The Bertz CT molecular complexity index is 920. The summed E-state index contributed by atoms with van der Waals surface area (Å²) in [5, 5.41) is 0. The summed E-state index contributed by atoms with van der Waals surface area (Å²) in [5.41, 5.74) is 1.27. The van der Waals surface area contributed by atoms with Crippen molar-refractivity contribution in [3.05, 3.63) is 66.2 Å². The molecule has 0 atom stereocenters. The van der Waals surface area contributed by atoms with Crippen molar-refractivity contribution >= 4 is 11.9 Å². The van der Waals surface area contributed by atoms with Crippen molar-refractivity contribution in [3.8, 4) is 17.2 Å². The fraction of sp³-hybridized carbons (Fsp3) is 0.333. The highest BCUT2D eigenvalue weighted by Crippen LogP contribution is 2.30. The lowest BCUT2D eigenvalue weighted by atomic mass is 10.2. The average molecular weight is 425 g/mol. The number of methoxy groups -OCH3 is 2. The molecule has 1 amide bonds. The molecule has 0 heterocycles. The van der Waals surface area contributed by atoms with Crippen LogP contribution in [-0.2, 0) is 16.1 Å². The molecule has 0 N–H and O–H groups in total. The molecule has 0 unspecified atom stereocenters. The van der Waals surface area contributed by atoms with Gasteiger partial charge in [-0.05, 0) is 48.7 Å². The molecule has 0 spiro atoms. The zero-order chi connectivity index (χ0) is 22.2. The van der Waals surface area contributed by atoms with E-state index in [-0.39, 0.29) is 24.1 Å². The number of carbonyl (C=O) groups is 2. The van der Waals surface area contributed by atoms with Crippen LogP contribution in [0.25, 0.3) is 0 Å². The van der Waals surface area contributed by atoms with Crippen LogP contribution < -0.4 is 14.2 Å². The molecule has 0 bridgehead atoms. The van der Waals surface area contributed by atoms with Crippen LogP contribution in [0.5, 0.6) is 17.2 Å². The van der Waals surface area contributed by atoms with Crippen LogP contribution in [0.1, 0.15) is 28.8 Å². The number of rotatable bonds is 11. The lowest BCUT2D eigenvalue weighted by Crippen LogP contribution is -2.36. The molecule has 1 saturated carbocycles. The van der Waals surface area contributed by atoms with Gasteiger partial charge in [0.1, 0.15) is 12.4 Å². The molecule has 2 aromatic rings. The fourth-order valence-electron chi connectivity index (χ4n) is 3.09. The third kappa shape index (κ3) is 6.01. The Hall–Kier alpha value is -3.48. The monoisotopic (exact) mass is 425 g/mol. The summed E-state index contributed by atoms with van der Waals surface area (Å²) in [7, 11) is 3.10. The highest BCUT2D eigenvalue weighted by atomic mass is 16.5. The van der Waals surface area contributed by atoms with Crippen LogP contribution in [-0.4, -0.2) is 50.3 Å². The first kappa shape index (κ1) is 22.2. The van der Waals surface area contributed by atoms with Gasteiger partial charge >= 0.3 is 5.97 Å². The maximum Gasteiger partial charge on any atom is 0.338 e. The van der Waals surface area contributed by atoms with Crippen molar-refractivity contribution in [1.29, 1.82) is 0 Å². The quantitative estimate of drug-likeness (QED) is 0.404. The van der Waals surface area contributed by atoms with E-state index in [2.05, 4.69) is 6.58 Å². The topological polar surface area (TPSA) is 74.3 Å². The summed E-state index contributed by atoms with van der Waals surface area (Å²) in [6, 6.07) is 12.5. The van der Waals surface area contributed by atoms with Crippen LogP contribution in [0.4, 0.5) is 0 Å². The molecule has 1 fully saturated rings. The Kier molecular flexibility index (Phi) is 7.54. The van der Waals surface area contributed by atoms with E-state index in [1.807, 2.05) is 24.3 Å². The zero-order valence-electron chi connectivity index (χ0n) is 17.8. The molecule has 0 radical (unpaired) electrons. The van der Waals surface area contributed by atoms with Gasteiger partial charge in [0.05, 0.1) is 19.8 Å². The maximum atomic E-state index is 12.8. The van der Waals surface area contributed by atoms with E-state index in [0.717, 1.165) is 24.2 Å². The van der Waals surface area contributed by atoms with Gasteiger partial charge in [0.25, 0.3) is 5.91 Å². The number of hydrogen-bond donors (Lipinski definition) is 0. The molecule has 2 aromatic carbocycles. The van der Waals surface area contributed by atoms with Gasteiger partial charge in [-0.25, -0.2) is 4.79 Å². The second kappa shape index (κ2) is 10.5. The van der Waals surface area contributed by atoms with Crippen LogP contribution in [0.2, 0.25) is 0 Å². The molecule has 0 aromatic heterocycles. The van der Waals surface area contributed by atoms with Crippen molar-refractivity contribution in [2.24, 2.45) is 0 Å². The molecule has 1 aliphatic carbocycles. The Labute approximate surface area is 182 Å². The predicted molar refractivity (Wildman–Crippen MR) is 116 cm³/mol. The van der Waals surface area contributed by atoms with E-state index >= 15 is 0 Å². The van der Waals surface area contributed by atoms with Crippen molar-refractivity contribution in [3.63, 3.8) is 0 Å². The Morgan fingerprint density at radius 1 is 1.06 bits per heavy atom. The second-order valence-corrected chi connectivity index (χ2v) is 7.14. The number of ether oxygens (including phenoxy) is 4. The van der Waals surface area contributed by atoms with Gasteiger partial charge in [-0.15, -0.1) is 0 Å². The molecule has 3 rings (SSSR count). The first-order chi connectivity index (χ1) is 15.0. The van der Waals surface area contributed by atoms with Crippen LogP contribution in [0.15, 0.2) is 55.1 Å². The highest BCUT2D eigenvalue weighted by Gasteiger charge is 2.33. The van der Waals surface area contributed by atoms with Gasteiger partial charge in [-0.1, -0.05) is 24.8 Å². The minimum atomic E-state index is -0.595. The van der Waals surface area contributed by atoms with Gasteiger partial charge in [0.15, 0.2) is 18.1 Å². The normalized spacial score (nSPS) is 12.6. The lowest BCUT2D eigenvalue weighted by molar-refractivity contribution is -0.135. The van der Waals surface area contributed by atoms with Gasteiger partial charge < -0.3 is 23.8 Å². The number of benzene rings is 2. The number of hydrogen-bond acceptors (Lipinski definition) is 6. The number of nitrogens with zero attached hydrogens (tertiary/aromatic N) is 1. The molecular formula is C24H27NO6. The number of esters is 1. The smallest absolute Gasteiger partial charge is 0.338 e. The molecule has 1 aliphatic rings. The van der Waals surface area contributed by atoms with E-state index in [1.165, 1.54) is 13.2 Å². The molecule has 7 nitrogen and oxygen atoms in total. The fourth-order valence-corrected chi connectivity index (χ4v) is 3.09. The zero-order valence-corrected chi connectivity index (χ0v) is 17.8. The third-order valence-corrected chi connectivity index (χ3v) is 4.90. The van der Waals surface area contributed by atoms with Crippen molar-refractivity contribution in [2.75, 3.05) is 27.4 Å². The highest BCUT2D eigenvalue weighted by molar-refractivity contribution is 5.92. The van der Waals surface area contributed by atoms with Crippen LogP contribution >= 0.6 is 0 Å². The van der Waals surface area contributed by atoms with E-state index in [0.29, 0.717) is 24.7 Å². The van der Waals surface area contributed by atoms with Gasteiger partial charge in [0.2, 0.25) is 0 Å². The first-order valence-corrected chi connectivity index (χ1v) is 10.1. The Balaban J connectivity index is 1.60. The summed E-state index contributed by atoms with van der Waals surface area (Å²) in [6.45, 7) is 4.07. The second-order valence-electron chi connectivity index (χ2n) is 7.14. The Morgan fingerprint density at radius 3 is 2.42 bits per heavy atom. The molecule has 164 valence electrons. The lowest BCUT2D eigenvalue weighted by Gasteiger charge is -2.22. The summed E-state index contributed by atoms with van der Waals surface area (Å²) in [5.74, 6) is 0.848. The van der Waals surface area contributed by atoms with Crippen molar-refractivity contribution in [2.45, 2.75) is 25.4 Å². The SMILES string of the molecule is C=CCOc1ccc(C(=O)OCC(=O)N(Cc2ccc(OC)cc2)C2CC2)cc1OC. The van der Waals surface area contributed by atoms with Crippen LogP contribution in [0.3, 0.4) is 0 Å². The Morgan fingerprint density at radius 2 is 1.81 bits per heavy atom. The minimum absolute atomic E-state index is 0.190. The molecule has 31 heavy (non-hydrogen) atoms. The maximum absolute atomic E-state index is 12.8. The predicted octanol–water partition coefficient (Wildman–Crippen LogP) is 3.62. The average Bonchev–Trinajstić information content (AvgIpc) is 3.65. The van der Waals surface area contributed by atoms with Gasteiger partial charge in [0, 0.05) is 12.6 Å². The van der Waals surface area contributed by atoms with E-state index in [1.54, 1.807) is 30.2 Å². The largest absolute Gasteiger partial charge is 0.497 e. The summed E-state index contributed by atoms with van der Waals surface area (Å²) < 4.78 is 21.2. The van der Waals surface area contributed by atoms with Crippen molar-refractivity contribution < 1.29 is 28.5 Å². The van der Waals surface area contributed by atoms with E-state index in [4.69, 9.17) is 18.9 Å². The van der Waals surface area contributed by atoms with Crippen molar-refractivity contribution in [1.82, 2.24) is 4.90 Å².